The summed E-state index contributed by atoms with van der Waals surface area (Å²) in [7, 11) is 0. The van der Waals surface area contributed by atoms with Gasteiger partial charge in [0.15, 0.2) is 0 Å². The summed E-state index contributed by atoms with van der Waals surface area (Å²) in [6, 6.07) is 4.49. The second-order valence-corrected chi connectivity index (χ2v) is 6.65. The lowest BCUT2D eigenvalue weighted by atomic mass is 10.0. The first-order valence-corrected chi connectivity index (χ1v) is 7.06. The zero-order valence-corrected chi connectivity index (χ0v) is 11.0. The van der Waals surface area contributed by atoms with Crippen LogP contribution in [0.15, 0.2) is 22.8 Å². The molecule has 0 bridgehead atoms. The zero-order valence-electron chi connectivity index (χ0n) is 10.2. The molecule has 1 saturated heterocycles. The molecule has 2 atom stereocenters. The average Bonchev–Trinajstić information content (AvgIpc) is 2.88. The lowest BCUT2D eigenvalue weighted by molar-refractivity contribution is 0.435. The Balaban J connectivity index is 1.73. The largest absolute Gasteiger partial charge is 0.469 e. The van der Waals surface area contributed by atoms with Crippen LogP contribution in [0, 0.1) is 0 Å². The molecular weight excluding hydrogens is 218 g/mol. The quantitative estimate of drug-likeness (QED) is 0.855. The Labute approximate surface area is 102 Å². The fraction of sp³-hybridized carbons (Fsp3) is 0.692. The fourth-order valence-corrected chi connectivity index (χ4v) is 3.42. The van der Waals surface area contributed by atoms with Crippen LogP contribution in [0.4, 0.5) is 0 Å². The highest BCUT2D eigenvalue weighted by Gasteiger charge is 2.29. The normalized spacial score (nSPS) is 27.1. The third-order valence-electron chi connectivity index (χ3n) is 3.21. The summed E-state index contributed by atoms with van der Waals surface area (Å²) in [5.74, 6) is 2.40. The molecule has 1 fully saturated rings. The Morgan fingerprint density at radius 1 is 1.62 bits per heavy atom. The second-order valence-electron chi connectivity index (χ2n) is 4.97. The highest BCUT2D eigenvalue weighted by molar-refractivity contribution is 8.00. The van der Waals surface area contributed by atoms with E-state index in [-0.39, 0.29) is 0 Å². The highest BCUT2D eigenvalue weighted by Crippen LogP contribution is 2.37. The van der Waals surface area contributed by atoms with Gasteiger partial charge in [0, 0.05) is 23.8 Å². The van der Waals surface area contributed by atoms with Crippen LogP contribution in [0.5, 0.6) is 0 Å². The lowest BCUT2D eigenvalue weighted by Crippen LogP contribution is -2.38. The summed E-state index contributed by atoms with van der Waals surface area (Å²) >= 11 is 2.11. The molecule has 90 valence electrons. The summed E-state index contributed by atoms with van der Waals surface area (Å²) in [5, 5.41) is 3.62. The van der Waals surface area contributed by atoms with Crippen molar-refractivity contribution in [2.45, 2.75) is 43.9 Å². The first kappa shape index (κ1) is 12.1. The predicted molar refractivity (Wildman–Crippen MR) is 70.0 cm³/mol. The Morgan fingerprint density at radius 3 is 3.12 bits per heavy atom. The van der Waals surface area contributed by atoms with Gasteiger partial charge in [-0.1, -0.05) is 0 Å². The monoisotopic (exact) mass is 239 g/mol. The molecule has 16 heavy (non-hydrogen) atoms. The molecule has 1 aliphatic rings. The molecule has 1 aromatic rings. The van der Waals surface area contributed by atoms with E-state index in [1.54, 1.807) is 6.26 Å². The van der Waals surface area contributed by atoms with E-state index in [9.17, 15) is 0 Å². The molecule has 0 radical (unpaired) electrons. The smallest absolute Gasteiger partial charge is 0.105 e. The molecule has 2 rings (SSSR count). The molecule has 1 N–H and O–H groups in total. The maximum Gasteiger partial charge on any atom is 0.105 e. The fourth-order valence-electron chi connectivity index (χ4n) is 2.17. The number of hydrogen-bond acceptors (Lipinski definition) is 3. The first-order valence-electron chi connectivity index (χ1n) is 6.08. The van der Waals surface area contributed by atoms with Gasteiger partial charge < -0.3 is 9.73 Å². The minimum absolute atomic E-state index is 0.456. The lowest BCUT2D eigenvalue weighted by Gasteiger charge is -2.25. The van der Waals surface area contributed by atoms with Crippen LogP contribution in [0.3, 0.4) is 0 Å². The molecule has 0 saturated carbocycles. The zero-order chi connectivity index (χ0) is 11.4. The highest BCUT2D eigenvalue weighted by atomic mass is 32.2. The van der Waals surface area contributed by atoms with Crippen LogP contribution in [0.25, 0.3) is 0 Å². The van der Waals surface area contributed by atoms with Gasteiger partial charge in [0.2, 0.25) is 0 Å². The third-order valence-corrected chi connectivity index (χ3v) is 4.75. The molecule has 1 aromatic heterocycles. The number of hydrogen-bond donors (Lipinski definition) is 1. The van der Waals surface area contributed by atoms with Crippen molar-refractivity contribution in [2.24, 2.45) is 0 Å². The van der Waals surface area contributed by atoms with E-state index in [1.165, 1.54) is 18.6 Å². The van der Waals surface area contributed by atoms with E-state index in [0.29, 0.717) is 10.8 Å². The van der Waals surface area contributed by atoms with Crippen molar-refractivity contribution in [1.82, 2.24) is 5.32 Å². The van der Waals surface area contributed by atoms with Crippen LogP contribution >= 0.6 is 11.8 Å². The Kier molecular flexibility index (Phi) is 3.98. The maximum absolute atomic E-state index is 5.36. The van der Waals surface area contributed by atoms with Crippen LogP contribution in [-0.2, 0) is 6.42 Å². The van der Waals surface area contributed by atoms with Gasteiger partial charge in [-0.3, -0.25) is 0 Å². The van der Waals surface area contributed by atoms with Crippen molar-refractivity contribution >= 4 is 11.8 Å². The van der Waals surface area contributed by atoms with Crippen molar-refractivity contribution in [3.63, 3.8) is 0 Å². The van der Waals surface area contributed by atoms with E-state index >= 15 is 0 Å². The van der Waals surface area contributed by atoms with Gasteiger partial charge in [-0.05, 0) is 44.6 Å². The van der Waals surface area contributed by atoms with Crippen LogP contribution in [0.1, 0.15) is 32.4 Å². The minimum Gasteiger partial charge on any atom is -0.469 e. The summed E-state index contributed by atoms with van der Waals surface area (Å²) in [4.78, 5) is 0. The van der Waals surface area contributed by atoms with E-state index in [2.05, 4.69) is 30.9 Å². The second kappa shape index (κ2) is 5.28. The van der Waals surface area contributed by atoms with Crippen molar-refractivity contribution in [3.8, 4) is 0 Å². The van der Waals surface area contributed by atoms with E-state index in [1.807, 2.05) is 12.1 Å². The predicted octanol–water partition coefficient (Wildman–Crippen LogP) is 3.09. The molecule has 0 aliphatic carbocycles. The van der Waals surface area contributed by atoms with Gasteiger partial charge in [0.05, 0.1) is 6.26 Å². The number of furan rings is 1. The molecule has 2 heterocycles. The van der Waals surface area contributed by atoms with Gasteiger partial charge in [0.25, 0.3) is 0 Å². The summed E-state index contributed by atoms with van der Waals surface area (Å²) < 4.78 is 5.81. The molecule has 3 heteroatoms. The van der Waals surface area contributed by atoms with Crippen molar-refractivity contribution in [3.05, 3.63) is 24.2 Å². The first-order chi connectivity index (χ1) is 7.68. The standard InChI is InChI=1S/C13H21NOS/c1-11(9-12-5-3-7-15-12)14-10-13(2)6-4-8-16-13/h3,5,7,11,14H,4,6,8-10H2,1-2H3. The SMILES string of the molecule is CC(Cc1ccco1)NCC1(C)CCCS1. The maximum atomic E-state index is 5.36. The summed E-state index contributed by atoms with van der Waals surface area (Å²) in [5.41, 5.74) is 0. The van der Waals surface area contributed by atoms with Crippen molar-refractivity contribution in [2.75, 3.05) is 12.3 Å². The summed E-state index contributed by atoms with van der Waals surface area (Å²) in [6.45, 7) is 5.71. The third kappa shape index (κ3) is 3.29. The Morgan fingerprint density at radius 2 is 2.50 bits per heavy atom. The average molecular weight is 239 g/mol. The van der Waals surface area contributed by atoms with Crippen molar-refractivity contribution < 1.29 is 4.42 Å². The van der Waals surface area contributed by atoms with Crippen LogP contribution < -0.4 is 5.32 Å². The van der Waals surface area contributed by atoms with Gasteiger partial charge in [-0.2, -0.15) is 11.8 Å². The molecule has 1 aliphatic heterocycles. The topological polar surface area (TPSA) is 25.2 Å². The molecule has 0 spiro atoms. The molecular formula is C13H21NOS. The molecule has 0 amide bonds. The van der Waals surface area contributed by atoms with Gasteiger partial charge in [-0.25, -0.2) is 0 Å². The Bertz CT molecular complexity index is 304. The van der Waals surface area contributed by atoms with E-state index in [4.69, 9.17) is 4.42 Å². The summed E-state index contributed by atoms with van der Waals surface area (Å²) in [6.07, 6.45) is 5.44. The number of thioether (sulfide) groups is 1. The van der Waals surface area contributed by atoms with E-state index < -0.39 is 0 Å². The van der Waals surface area contributed by atoms with Crippen LogP contribution in [-0.4, -0.2) is 23.1 Å². The minimum atomic E-state index is 0.456. The molecule has 2 nitrogen and oxygen atoms in total. The van der Waals surface area contributed by atoms with E-state index in [0.717, 1.165) is 18.7 Å². The number of nitrogens with one attached hydrogen (secondary N) is 1. The van der Waals surface area contributed by atoms with Gasteiger partial charge >= 0.3 is 0 Å². The number of rotatable bonds is 5. The van der Waals surface area contributed by atoms with Gasteiger partial charge in [-0.15, -0.1) is 0 Å². The van der Waals surface area contributed by atoms with Crippen molar-refractivity contribution in [1.29, 1.82) is 0 Å². The van der Waals surface area contributed by atoms with Crippen LogP contribution in [0.2, 0.25) is 0 Å². The molecule has 2 unspecified atom stereocenters. The van der Waals surface area contributed by atoms with Gasteiger partial charge in [0.1, 0.15) is 5.76 Å². The molecule has 0 aromatic carbocycles. The Hall–Kier alpha value is -0.410.